The second-order valence-corrected chi connectivity index (χ2v) is 15.2. The highest BCUT2D eigenvalue weighted by atomic mass is 15.2. The lowest BCUT2D eigenvalue weighted by atomic mass is 10.1. The van der Waals surface area contributed by atoms with Gasteiger partial charge < -0.3 is 14.7 Å². The average molecular weight is 813 g/mol. The molecule has 0 amide bonds. The van der Waals surface area contributed by atoms with Crippen LogP contribution in [0, 0.1) is 0 Å². The first kappa shape index (κ1) is 38.8. The highest BCUT2D eigenvalue weighted by Gasteiger charge is 2.19. The molecule has 6 heteroatoms. The predicted molar refractivity (Wildman–Crippen MR) is 261 cm³/mol. The Morgan fingerprint density at radius 3 is 0.825 bits per heavy atom. The summed E-state index contributed by atoms with van der Waals surface area (Å²) in [6.45, 7) is 0. The van der Waals surface area contributed by atoms with Crippen molar-refractivity contribution in [3.8, 4) is 34.2 Å². The Morgan fingerprint density at radius 2 is 0.540 bits per heavy atom. The highest BCUT2D eigenvalue weighted by molar-refractivity contribution is 5.80. The van der Waals surface area contributed by atoms with E-state index in [-0.39, 0.29) is 0 Å². The van der Waals surface area contributed by atoms with Gasteiger partial charge in [-0.25, -0.2) is 15.0 Å². The van der Waals surface area contributed by atoms with Crippen LogP contribution < -0.4 is 14.7 Å². The van der Waals surface area contributed by atoms with Crippen molar-refractivity contribution in [3.63, 3.8) is 0 Å². The second kappa shape index (κ2) is 18.1. The number of benzene rings is 8. The molecule has 0 atom stereocenters. The molecule has 1 aliphatic rings. The van der Waals surface area contributed by atoms with E-state index in [1.165, 1.54) is 0 Å². The van der Waals surface area contributed by atoms with Crippen LogP contribution in [0.5, 0.6) is 0 Å². The third-order valence-corrected chi connectivity index (χ3v) is 11.1. The van der Waals surface area contributed by atoms with Gasteiger partial charge in [-0.2, -0.15) is 0 Å². The summed E-state index contributed by atoms with van der Waals surface area (Å²) in [6, 6.07) is 77.7. The van der Waals surface area contributed by atoms with Crippen molar-refractivity contribution < 1.29 is 0 Å². The lowest BCUT2D eigenvalue weighted by Gasteiger charge is -2.27. The Bertz CT molecular complexity index is 2730. The van der Waals surface area contributed by atoms with E-state index in [9.17, 15) is 0 Å². The van der Waals surface area contributed by atoms with Crippen LogP contribution in [0.4, 0.5) is 45.5 Å². The molecule has 302 valence electrons. The van der Waals surface area contributed by atoms with Crippen molar-refractivity contribution in [3.05, 3.63) is 248 Å². The van der Waals surface area contributed by atoms with Crippen LogP contribution in [0.1, 0.15) is 12.8 Å². The Kier molecular flexibility index (Phi) is 11.2. The van der Waals surface area contributed by atoms with Crippen molar-refractivity contribution >= 4 is 45.5 Å². The van der Waals surface area contributed by atoms with Gasteiger partial charge in [0.25, 0.3) is 0 Å². The maximum absolute atomic E-state index is 5.16. The molecule has 10 rings (SSSR count). The van der Waals surface area contributed by atoms with E-state index in [0.29, 0.717) is 17.5 Å². The van der Waals surface area contributed by atoms with Gasteiger partial charge in [-0.1, -0.05) is 103 Å². The average Bonchev–Trinajstić information content (AvgIpc) is 3.37. The molecule has 0 bridgehead atoms. The molecule has 8 aromatic carbocycles. The Hall–Kier alpha value is -8.35. The minimum atomic E-state index is 0.597. The topological polar surface area (TPSA) is 48.4 Å². The van der Waals surface area contributed by atoms with Crippen LogP contribution in [0.2, 0.25) is 0 Å². The summed E-state index contributed by atoms with van der Waals surface area (Å²) >= 11 is 0. The third kappa shape index (κ3) is 8.51. The van der Waals surface area contributed by atoms with Crippen molar-refractivity contribution in [2.75, 3.05) is 14.7 Å². The molecular weight excluding hydrogens is 769 g/mol. The number of para-hydroxylation sites is 5. The molecule has 0 saturated carbocycles. The lowest BCUT2D eigenvalue weighted by molar-refractivity contribution is 0.997. The third-order valence-electron chi connectivity index (χ3n) is 11.1. The Balaban J connectivity index is 1.05. The molecule has 9 aromatic rings. The normalized spacial score (nSPS) is 12.0. The zero-order valence-corrected chi connectivity index (χ0v) is 34.7. The number of nitrogens with zero attached hydrogens (tertiary/aromatic N) is 6. The SMILES string of the molecule is C1=CC(N(c2ccccc2)c2ccc(-c3nc(-c4ccc(N(c5ccccc5)c5ccccc5)cc4)nc(-c4ccc(N(c5ccccc5)c5ccccc5)cc4)n3)cc2)=CCC1. The molecule has 63 heavy (non-hydrogen) atoms. The van der Waals surface area contributed by atoms with Gasteiger partial charge in [0.2, 0.25) is 0 Å². The molecule has 1 aromatic heterocycles. The van der Waals surface area contributed by atoms with Crippen LogP contribution in [0.25, 0.3) is 34.2 Å². The monoisotopic (exact) mass is 812 g/mol. The molecule has 0 spiro atoms. The van der Waals surface area contributed by atoms with Crippen LogP contribution in [-0.2, 0) is 0 Å². The minimum absolute atomic E-state index is 0.597. The Labute approximate surface area is 369 Å². The highest BCUT2D eigenvalue weighted by Crippen LogP contribution is 2.38. The maximum atomic E-state index is 5.16. The van der Waals surface area contributed by atoms with E-state index in [4.69, 9.17) is 15.0 Å². The smallest absolute Gasteiger partial charge is 0.164 e. The fraction of sp³-hybridized carbons (Fsp3) is 0.0351. The second-order valence-electron chi connectivity index (χ2n) is 15.2. The van der Waals surface area contributed by atoms with Crippen LogP contribution in [0.15, 0.2) is 248 Å². The van der Waals surface area contributed by atoms with Crippen LogP contribution >= 0.6 is 0 Å². The number of allylic oxidation sites excluding steroid dienone is 3. The number of aromatic nitrogens is 3. The summed E-state index contributed by atoms with van der Waals surface area (Å²) in [4.78, 5) is 22.3. The predicted octanol–water partition coefficient (Wildman–Crippen LogP) is 15.2. The van der Waals surface area contributed by atoms with E-state index in [1.807, 2.05) is 24.3 Å². The molecule has 0 saturated heterocycles. The van der Waals surface area contributed by atoms with Gasteiger partial charge in [-0.05, 0) is 152 Å². The van der Waals surface area contributed by atoms with Gasteiger partial charge in [0.05, 0.1) is 0 Å². The summed E-state index contributed by atoms with van der Waals surface area (Å²) in [5, 5.41) is 0. The van der Waals surface area contributed by atoms with E-state index in [0.717, 1.165) is 80.7 Å². The van der Waals surface area contributed by atoms with E-state index >= 15 is 0 Å². The number of rotatable bonds is 12. The molecule has 1 heterocycles. The van der Waals surface area contributed by atoms with Crippen molar-refractivity contribution in [2.24, 2.45) is 0 Å². The van der Waals surface area contributed by atoms with Crippen LogP contribution in [0.3, 0.4) is 0 Å². The number of hydrogen-bond donors (Lipinski definition) is 0. The largest absolute Gasteiger partial charge is 0.311 e. The number of hydrogen-bond acceptors (Lipinski definition) is 6. The van der Waals surface area contributed by atoms with Crippen LogP contribution in [-0.4, -0.2) is 15.0 Å². The van der Waals surface area contributed by atoms with Gasteiger partial charge in [0.15, 0.2) is 17.5 Å². The molecule has 0 radical (unpaired) electrons. The Morgan fingerprint density at radius 1 is 0.270 bits per heavy atom. The van der Waals surface area contributed by atoms with Crippen molar-refractivity contribution in [1.29, 1.82) is 0 Å². The molecule has 0 unspecified atom stereocenters. The summed E-state index contributed by atoms with van der Waals surface area (Å²) < 4.78 is 0. The van der Waals surface area contributed by atoms with Gasteiger partial charge >= 0.3 is 0 Å². The van der Waals surface area contributed by atoms with Gasteiger partial charge in [-0.15, -0.1) is 0 Å². The van der Waals surface area contributed by atoms with Crippen molar-refractivity contribution in [2.45, 2.75) is 12.8 Å². The lowest BCUT2D eigenvalue weighted by Crippen LogP contribution is -2.16. The van der Waals surface area contributed by atoms with E-state index in [1.54, 1.807) is 0 Å². The maximum Gasteiger partial charge on any atom is 0.164 e. The summed E-state index contributed by atoms with van der Waals surface area (Å²) in [5.74, 6) is 1.79. The zero-order chi connectivity index (χ0) is 42.2. The molecule has 6 nitrogen and oxygen atoms in total. The summed E-state index contributed by atoms with van der Waals surface area (Å²) in [5.41, 5.74) is 12.4. The minimum Gasteiger partial charge on any atom is -0.311 e. The van der Waals surface area contributed by atoms with E-state index in [2.05, 4.69) is 233 Å². The van der Waals surface area contributed by atoms with Gasteiger partial charge in [0.1, 0.15) is 0 Å². The zero-order valence-electron chi connectivity index (χ0n) is 34.7. The summed E-state index contributed by atoms with van der Waals surface area (Å²) in [6.07, 6.45) is 8.83. The first-order chi connectivity index (χ1) is 31.2. The van der Waals surface area contributed by atoms with Gasteiger partial charge in [0, 0.05) is 67.9 Å². The molecule has 0 fully saturated rings. The molecule has 0 N–H and O–H groups in total. The van der Waals surface area contributed by atoms with Crippen molar-refractivity contribution in [1.82, 2.24) is 15.0 Å². The quantitative estimate of drug-likeness (QED) is 0.122. The standard InChI is InChI=1S/C57H44N6/c1-7-19-46(20-8-1)61(47-21-9-2-10-22-47)52-37-31-43(32-38-52)55-58-56(44-33-39-53(40-34-44)62(48-23-11-3-12-24-48)49-25-13-4-14-26-49)60-57(59-55)45-35-41-54(42-36-45)63(50-27-15-5-16-28-50)51-29-17-6-18-30-51/h1-5,7-17,19-42H,6,18H2. The van der Waals surface area contributed by atoms with Gasteiger partial charge in [-0.3, -0.25) is 0 Å². The number of anilines is 8. The fourth-order valence-corrected chi connectivity index (χ4v) is 8.03. The first-order valence-electron chi connectivity index (χ1n) is 21.3. The molecular formula is C57H44N6. The van der Waals surface area contributed by atoms with E-state index < -0.39 is 0 Å². The first-order valence-corrected chi connectivity index (χ1v) is 21.3. The summed E-state index contributed by atoms with van der Waals surface area (Å²) in [7, 11) is 0. The fourth-order valence-electron chi connectivity index (χ4n) is 8.03. The molecule has 0 aliphatic heterocycles. The molecule has 1 aliphatic carbocycles.